The SMILES string of the molecule is Cc1cc(Cl)c(OCc2cccc(-c3cccc(COc4cc(OCc5cncc(C#N)c5)c(C=O)cc4Cl)c3C)c2C)cc1O. The van der Waals surface area contributed by atoms with Gasteiger partial charge in [-0.25, -0.2) is 0 Å². The number of phenolic OH excluding ortho intramolecular Hbond substituents is 1. The highest BCUT2D eigenvalue weighted by molar-refractivity contribution is 6.32. The van der Waals surface area contributed by atoms with E-state index in [0.29, 0.717) is 45.2 Å². The van der Waals surface area contributed by atoms with Crippen LogP contribution >= 0.6 is 23.2 Å². The fourth-order valence-electron chi connectivity index (χ4n) is 4.99. The van der Waals surface area contributed by atoms with Crippen LogP contribution in [0.4, 0.5) is 0 Å². The number of aromatic hydroxyl groups is 1. The van der Waals surface area contributed by atoms with Crippen LogP contribution in [-0.4, -0.2) is 16.4 Å². The number of hydrogen-bond donors (Lipinski definition) is 1. The van der Waals surface area contributed by atoms with Crippen LogP contribution in [0, 0.1) is 32.1 Å². The molecular weight excluding hydrogens is 623 g/mol. The predicted octanol–water partition coefficient (Wildman–Crippen LogP) is 9.11. The van der Waals surface area contributed by atoms with Gasteiger partial charge in [0.15, 0.2) is 6.29 Å². The third-order valence-electron chi connectivity index (χ3n) is 7.71. The van der Waals surface area contributed by atoms with E-state index < -0.39 is 0 Å². The van der Waals surface area contributed by atoms with Gasteiger partial charge in [0, 0.05) is 30.1 Å². The van der Waals surface area contributed by atoms with Crippen LogP contribution in [0.25, 0.3) is 11.1 Å². The summed E-state index contributed by atoms with van der Waals surface area (Å²) in [6, 6.07) is 22.1. The molecule has 46 heavy (non-hydrogen) atoms. The van der Waals surface area contributed by atoms with Crippen molar-refractivity contribution >= 4 is 29.5 Å². The summed E-state index contributed by atoms with van der Waals surface area (Å²) in [5.74, 6) is 1.22. The number of aryl methyl sites for hydroxylation is 1. The van der Waals surface area contributed by atoms with Gasteiger partial charge < -0.3 is 19.3 Å². The Morgan fingerprint density at radius 3 is 1.98 bits per heavy atom. The zero-order valence-corrected chi connectivity index (χ0v) is 26.9. The number of aromatic nitrogens is 1. The number of phenols is 1. The van der Waals surface area contributed by atoms with Gasteiger partial charge in [-0.1, -0.05) is 59.6 Å². The summed E-state index contributed by atoms with van der Waals surface area (Å²) < 4.78 is 18.1. The van der Waals surface area contributed by atoms with Gasteiger partial charge in [-0.15, -0.1) is 0 Å². The maximum absolute atomic E-state index is 11.7. The van der Waals surface area contributed by atoms with Crippen molar-refractivity contribution < 1.29 is 24.1 Å². The van der Waals surface area contributed by atoms with Crippen molar-refractivity contribution in [1.29, 1.82) is 5.26 Å². The Morgan fingerprint density at radius 1 is 0.783 bits per heavy atom. The molecule has 0 unspecified atom stereocenters. The summed E-state index contributed by atoms with van der Waals surface area (Å²) in [5, 5.41) is 19.9. The van der Waals surface area contributed by atoms with Crippen molar-refractivity contribution in [2.24, 2.45) is 0 Å². The van der Waals surface area contributed by atoms with Gasteiger partial charge in [-0.3, -0.25) is 9.78 Å². The first-order valence-electron chi connectivity index (χ1n) is 14.4. The van der Waals surface area contributed by atoms with E-state index in [0.717, 1.165) is 33.4 Å². The molecule has 0 spiro atoms. The van der Waals surface area contributed by atoms with E-state index in [1.165, 1.54) is 18.3 Å². The third kappa shape index (κ3) is 7.26. The Hall–Kier alpha value is -5.03. The molecule has 0 fully saturated rings. The van der Waals surface area contributed by atoms with E-state index in [-0.39, 0.29) is 36.2 Å². The lowest BCUT2D eigenvalue weighted by atomic mass is 9.92. The van der Waals surface area contributed by atoms with Crippen molar-refractivity contribution in [1.82, 2.24) is 4.98 Å². The minimum Gasteiger partial charge on any atom is -0.508 e. The third-order valence-corrected chi connectivity index (χ3v) is 8.30. The molecule has 1 aromatic heterocycles. The molecule has 1 heterocycles. The molecule has 232 valence electrons. The van der Waals surface area contributed by atoms with Crippen LogP contribution in [0.5, 0.6) is 23.0 Å². The quantitative estimate of drug-likeness (QED) is 0.142. The first-order chi connectivity index (χ1) is 22.2. The molecule has 4 aromatic carbocycles. The van der Waals surface area contributed by atoms with Crippen LogP contribution < -0.4 is 14.2 Å². The molecule has 0 saturated heterocycles. The fourth-order valence-corrected chi connectivity index (χ4v) is 5.49. The number of hydrogen-bond acceptors (Lipinski definition) is 7. The van der Waals surface area contributed by atoms with E-state index in [4.69, 9.17) is 42.7 Å². The Kier molecular flexibility index (Phi) is 10.1. The number of pyridine rings is 1. The van der Waals surface area contributed by atoms with Crippen LogP contribution in [0.3, 0.4) is 0 Å². The second kappa shape index (κ2) is 14.4. The molecule has 0 bridgehead atoms. The number of halogens is 2. The molecular formula is C37H30Cl2N2O5. The summed E-state index contributed by atoms with van der Waals surface area (Å²) in [7, 11) is 0. The van der Waals surface area contributed by atoms with Crippen molar-refractivity contribution in [2.75, 3.05) is 0 Å². The topological polar surface area (TPSA) is 102 Å². The van der Waals surface area contributed by atoms with Gasteiger partial charge in [-0.05, 0) is 77.9 Å². The molecule has 0 aliphatic heterocycles. The Labute approximate surface area is 277 Å². The highest BCUT2D eigenvalue weighted by Gasteiger charge is 2.15. The Balaban J connectivity index is 1.33. The zero-order chi connectivity index (χ0) is 32.8. The maximum Gasteiger partial charge on any atom is 0.153 e. The predicted molar refractivity (Wildman–Crippen MR) is 178 cm³/mol. The van der Waals surface area contributed by atoms with Gasteiger partial charge in [0.1, 0.15) is 48.9 Å². The largest absolute Gasteiger partial charge is 0.508 e. The normalized spacial score (nSPS) is 10.7. The summed E-state index contributed by atoms with van der Waals surface area (Å²) in [5.41, 5.74) is 8.20. The molecule has 1 N–H and O–H groups in total. The number of aldehydes is 1. The van der Waals surface area contributed by atoms with Crippen molar-refractivity contribution in [3.05, 3.63) is 134 Å². The van der Waals surface area contributed by atoms with E-state index in [2.05, 4.69) is 17.1 Å². The van der Waals surface area contributed by atoms with Gasteiger partial charge in [-0.2, -0.15) is 5.26 Å². The van der Waals surface area contributed by atoms with Crippen LogP contribution in [-0.2, 0) is 19.8 Å². The molecule has 9 heteroatoms. The highest BCUT2D eigenvalue weighted by atomic mass is 35.5. The molecule has 0 aliphatic carbocycles. The summed E-state index contributed by atoms with van der Waals surface area (Å²) >= 11 is 12.8. The van der Waals surface area contributed by atoms with Crippen LogP contribution in [0.15, 0.2) is 79.1 Å². The first-order valence-corrected chi connectivity index (χ1v) is 15.1. The number of rotatable bonds is 11. The molecule has 0 saturated carbocycles. The Morgan fingerprint density at radius 2 is 1.37 bits per heavy atom. The van der Waals surface area contributed by atoms with Gasteiger partial charge >= 0.3 is 0 Å². The lowest BCUT2D eigenvalue weighted by Gasteiger charge is -2.18. The van der Waals surface area contributed by atoms with Crippen molar-refractivity contribution in [2.45, 2.75) is 40.6 Å². The molecule has 5 aromatic rings. The minimum absolute atomic E-state index is 0.107. The summed E-state index contributed by atoms with van der Waals surface area (Å²) in [6.45, 7) is 6.49. The second-order valence-electron chi connectivity index (χ2n) is 10.7. The number of nitrogens with zero attached hydrogens (tertiary/aromatic N) is 2. The summed E-state index contributed by atoms with van der Waals surface area (Å²) in [6.07, 6.45) is 3.73. The molecule has 0 radical (unpaired) electrons. The van der Waals surface area contributed by atoms with Crippen LogP contribution in [0.1, 0.15) is 49.3 Å². The van der Waals surface area contributed by atoms with Crippen molar-refractivity contribution in [3.63, 3.8) is 0 Å². The number of nitriles is 1. The van der Waals surface area contributed by atoms with Crippen molar-refractivity contribution in [3.8, 4) is 40.2 Å². The zero-order valence-electron chi connectivity index (χ0n) is 25.4. The molecule has 0 aliphatic rings. The van der Waals surface area contributed by atoms with E-state index in [1.54, 1.807) is 31.3 Å². The number of ether oxygens (including phenoxy) is 3. The number of carbonyl (C=O) groups excluding carboxylic acids is 1. The molecule has 5 rings (SSSR count). The van der Waals surface area contributed by atoms with Gasteiger partial charge in [0.25, 0.3) is 0 Å². The first kappa shape index (κ1) is 32.4. The Bertz CT molecular complexity index is 1970. The second-order valence-corrected chi connectivity index (χ2v) is 11.6. The number of benzene rings is 4. The molecule has 7 nitrogen and oxygen atoms in total. The average Bonchev–Trinajstić information content (AvgIpc) is 3.05. The fraction of sp³-hybridized carbons (Fsp3) is 0.162. The lowest BCUT2D eigenvalue weighted by Crippen LogP contribution is -2.03. The van der Waals surface area contributed by atoms with E-state index in [9.17, 15) is 9.90 Å². The number of carbonyl (C=O) groups is 1. The molecule has 0 atom stereocenters. The minimum atomic E-state index is 0.107. The smallest absolute Gasteiger partial charge is 0.153 e. The van der Waals surface area contributed by atoms with Gasteiger partial charge in [0.05, 0.1) is 21.2 Å². The van der Waals surface area contributed by atoms with E-state index in [1.807, 2.05) is 44.2 Å². The average molecular weight is 654 g/mol. The standard InChI is InChI=1S/C37H30Cl2N2O5/c1-22-10-32(38)36(13-34(22)43)45-20-27-6-4-8-30(23(27)2)31-9-5-7-28(24(31)3)21-46-37-14-35(29(18-42)12-33(37)39)44-19-26-11-25(15-40)16-41-17-26/h4-14,16-18,43H,19-21H2,1-3H3. The maximum atomic E-state index is 11.7. The van der Waals surface area contributed by atoms with Crippen LogP contribution in [0.2, 0.25) is 10.0 Å². The van der Waals surface area contributed by atoms with E-state index >= 15 is 0 Å². The lowest BCUT2D eigenvalue weighted by molar-refractivity contribution is 0.111. The monoisotopic (exact) mass is 652 g/mol. The summed E-state index contributed by atoms with van der Waals surface area (Å²) in [4.78, 5) is 15.8. The highest BCUT2D eigenvalue weighted by Crippen LogP contribution is 2.36. The van der Waals surface area contributed by atoms with Gasteiger partial charge in [0.2, 0.25) is 0 Å². The molecule has 0 amide bonds.